The number of alkyl halides is 1. The molecule has 0 bridgehead atoms. The molecule has 0 aromatic heterocycles. The predicted octanol–water partition coefficient (Wildman–Crippen LogP) is 3.34. The van der Waals surface area contributed by atoms with Gasteiger partial charge in [0.2, 0.25) is 0 Å². The summed E-state index contributed by atoms with van der Waals surface area (Å²) in [7, 11) is 0. The van der Waals surface area contributed by atoms with Crippen LogP contribution in [-0.2, 0) is 9.47 Å². The zero-order chi connectivity index (χ0) is 14.8. The molecule has 114 valence electrons. The first kappa shape index (κ1) is 17.6. The van der Waals surface area contributed by atoms with Crippen molar-refractivity contribution in [1.82, 2.24) is 0 Å². The third kappa shape index (κ3) is 5.92. The number of benzene rings is 1. The molecule has 0 saturated carbocycles. The van der Waals surface area contributed by atoms with Gasteiger partial charge in [-0.3, -0.25) is 0 Å². The van der Waals surface area contributed by atoms with Gasteiger partial charge in [0.05, 0.1) is 0 Å². The van der Waals surface area contributed by atoms with E-state index in [0.717, 1.165) is 6.42 Å². The van der Waals surface area contributed by atoms with Gasteiger partial charge in [0, 0.05) is 0 Å². The van der Waals surface area contributed by atoms with Gasteiger partial charge in [-0.2, -0.15) is 0 Å². The SMILES string of the molecule is CCC[C@H](F)[C@H]([Se]c1ccccc1)C(OCC)OCC. The third-order valence-electron chi connectivity index (χ3n) is 2.87. The van der Waals surface area contributed by atoms with Gasteiger partial charge in [0.15, 0.2) is 0 Å². The average molecular weight is 347 g/mol. The Morgan fingerprint density at radius 2 is 1.65 bits per heavy atom. The molecule has 0 unspecified atom stereocenters. The van der Waals surface area contributed by atoms with Gasteiger partial charge in [-0.1, -0.05) is 0 Å². The molecule has 0 radical (unpaired) electrons. The molecule has 0 fully saturated rings. The van der Waals surface area contributed by atoms with Crippen LogP contribution in [0.4, 0.5) is 4.39 Å². The summed E-state index contributed by atoms with van der Waals surface area (Å²) >= 11 is 0.00481. The van der Waals surface area contributed by atoms with Crippen molar-refractivity contribution in [2.24, 2.45) is 0 Å². The molecule has 20 heavy (non-hydrogen) atoms. The summed E-state index contributed by atoms with van der Waals surface area (Å²) in [5.41, 5.74) is 0. The molecule has 0 spiro atoms. The van der Waals surface area contributed by atoms with Crippen molar-refractivity contribution in [2.75, 3.05) is 13.2 Å². The van der Waals surface area contributed by atoms with Gasteiger partial charge in [-0.05, 0) is 0 Å². The van der Waals surface area contributed by atoms with Crippen LogP contribution in [0.5, 0.6) is 0 Å². The molecule has 0 amide bonds. The molecule has 0 saturated heterocycles. The number of hydrogen-bond donors (Lipinski definition) is 0. The van der Waals surface area contributed by atoms with Crippen molar-refractivity contribution < 1.29 is 13.9 Å². The summed E-state index contributed by atoms with van der Waals surface area (Å²) in [6.45, 7) is 6.95. The Morgan fingerprint density at radius 3 is 2.15 bits per heavy atom. The molecule has 1 rings (SSSR count). The predicted molar refractivity (Wildman–Crippen MR) is 82.4 cm³/mol. The molecule has 0 aliphatic carbocycles. The van der Waals surface area contributed by atoms with Gasteiger partial charge < -0.3 is 0 Å². The van der Waals surface area contributed by atoms with E-state index in [9.17, 15) is 4.39 Å². The first-order chi connectivity index (χ1) is 9.72. The van der Waals surface area contributed by atoms with Crippen LogP contribution >= 0.6 is 0 Å². The van der Waals surface area contributed by atoms with Crippen molar-refractivity contribution >= 4 is 19.4 Å². The molecule has 0 aliphatic heterocycles. The fourth-order valence-electron chi connectivity index (χ4n) is 1.96. The summed E-state index contributed by atoms with van der Waals surface area (Å²) < 4.78 is 27.0. The first-order valence-corrected chi connectivity index (χ1v) is 9.16. The summed E-state index contributed by atoms with van der Waals surface area (Å²) in [5, 5.41) is 0. The summed E-state index contributed by atoms with van der Waals surface area (Å²) in [4.78, 5) is -0.190. The molecule has 0 aliphatic rings. The van der Waals surface area contributed by atoms with E-state index in [1.54, 1.807) is 0 Å². The Kier molecular flexibility index (Phi) is 9.12. The van der Waals surface area contributed by atoms with Crippen molar-refractivity contribution in [3.63, 3.8) is 0 Å². The molecule has 1 aromatic carbocycles. The summed E-state index contributed by atoms with van der Waals surface area (Å²) in [6, 6.07) is 10.1. The van der Waals surface area contributed by atoms with Crippen molar-refractivity contribution in [3.05, 3.63) is 30.3 Å². The van der Waals surface area contributed by atoms with E-state index in [-0.39, 0.29) is 19.8 Å². The second-order valence-electron chi connectivity index (χ2n) is 4.48. The monoisotopic (exact) mass is 348 g/mol. The number of ether oxygens (including phenoxy) is 2. The average Bonchev–Trinajstić information content (AvgIpc) is 2.46. The fraction of sp³-hybridized carbons (Fsp3) is 0.625. The van der Waals surface area contributed by atoms with Gasteiger partial charge in [-0.25, -0.2) is 0 Å². The van der Waals surface area contributed by atoms with Crippen LogP contribution < -0.4 is 4.46 Å². The minimum atomic E-state index is -0.872. The van der Waals surface area contributed by atoms with E-state index in [0.29, 0.717) is 19.6 Å². The molecule has 2 nitrogen and oxygen atoms in total. The van der Waals surface area contributed by atoms with Gasteiger partial charge in [0.25, 0.3) is 0 Å². The van der Waals surface area contributed by atoms with E-state index in [4.69, 9.17) is 9.47 Å². The van der Waals surface area contributed by atoms with Gasteiger partial charge in [0.1, 0.15) is 0 Å². The van der Waals surface area contributed by atoms with E-state index >= 15 is 0 Å². The second-order valence-corrected chi connectivity index (χ2v) is 7.10. The van der Waals surface area contributed by atoms with Crippen LogP contribution in [0.2, 0.25) is 4.82 Å². The molecular weight excluding hydrogens is 322 g/mol. The quantitative estimate of drug-likeness (QED) is 0.477. The molecular formula is C16H25FO2Se. The van der Waals surface area contributed by atoms with Crippen molar-refractivity contribution in [1.29, 1.82) is 0 Å². The van der Waals surface area contributed by atoms with E-state index in [2.05, 4.69) is 12.1 Å². The standard InChI is InChI=1S/C16H25FO2Se/c1-4-10-14(17)15(16(18-5-2)19-6-3)20-13-11-8-7-9-12-13/h7-9,11-12,14-16H,4-6,10H2,1-3H3/t14-,15-/m0/s1. The molecule has 4 heteroatoms. The normalized spacial score (nSPS) is 14.4. The number of halogens is 1. The van der Waals surface area contributed by atoms with Crippen LogP contribution in [0, 0.1) is 0 Å². The zero-order valence-electron chi connectivity index (χ0n) is 12.5. The minimum absolute atomic E-state index is 0.00481. The van der Waals surface area contributed by atoms with Gasteiger partial charge in [-0.15, -0.1) is 0 Å². The van der Waals surface area contributed by atoms with Crippen LogP contribution in [0.1, 0.15) is 33.6 Å². The second kappa shape index (κ2) is 10.3. The Hall–Kier alpha value is -0.411. The molecule has 2 atom stereocenters. The zero-order valence-corrected chi connectivity index (χ0v) is 14.3. The molecule has 0 heterocycles. The van der Waals surface area contributed by atoms with E-state index in [1.165, 1.54) is 4.46 Å². The third-order valence-corrected chi connectivity index (χ3v) is 5.67. The maximum atomic E-state index is 14.5. The fourth-order valence-corrected chi connectivity index (χ4v) is 4.44. The molecule has 1 aromatic rings. The number of rotatable bonds is 10. The maximum absolute atomic E-state index is 14.5. The van der Waals surface area contributed by atoms with Crippen LogP contribution in [0.15, 0.2) is 30.3 Å². The Balaban J connectivity index is 2.81. The van der Waals surface area contributed by atoms with Crippen LogP contribution in [-0.4, -0.2) is 40.6 Å². The van der Waals surface area contributed by atoms with Crippen LogP contribution in [0.25, 0.3) is 0 Å². The van der Waals surface area contributed by atoms with Crippen molar-refractivity contribution in [3.8, 4) is 0 Å². The van der Waals surface area contributed by atoms with Crippen LogP contribution in [0.3, 0.4) is 0 Å². The van der Waals surface area contributed by atoms with E-state index < -0.39 is 12.5 Å². The van der Waals surface area contributed by atoms with E-state index in [1.807, 2.05) is 39.0 Å². The number of hydrogen-bond acceptors (Lipinski definition) is 2. The Morgan fingerprint density at radius 1 is 1.05 bits per heavy atom. The molecule has 0 N–H and O–H groups in total. The topological polar surface area (TPSA) is 18.5 Å². The Bertz CT molecular complexity index is 342. The van der Waals surface area contributed by atoms with Gasteiger partial charge >= 0.3 is 128 Å². The first-order valence-electron chi connectivity index (χ1n) is 7.31. The van der Waals surface area contributed by atoms with Crippen molar-refractivity contribution in [2.45, 2.75) is 50.9 Å². The summed E-state index contributed by atoms with van der Waals surface area (Å²) in [5.74, 6) is 0. The summed E-state index contributed by atoms with van der Waals surface area (Å²) in [6.07, 6.45) is 0.0960. The Labute approximate surface area is 128 Å².